The van der Waals surface area contributed by atoms with Gasteiger partial charge >= 0.3 is 0 Å². The quantitative estimate of drug-likeness (QED) is 0.379. The monoisotopic (exact) mass is 464 g/mol. The molecule has 5 heteroatoms. The van der Waals surface area contributed by atoms with Crippen molar-refractivity contribution >= 4 is 5.76 Å². The lowest BCUT2D eigenvalue weighted by Crippen LogP contribution is -2.38. The second-order valence-electron chi connectivity index (χ2n) is 9.45. The zero-order valence-electron chi connectivity index (χ0n) is 20.4. The molecule has 5 rings (SSSR count). The summed E-state index contributed by atoms with van der Waals surface area (Å²) in [4.78, 5) is 0. The van der Waals surface area contributed by atoms with E-state index in [0.717, 1.165) is 86.7 Å². The van der Waals surface area contributed by atoms with E-state index in [2.05, 4.69) is 32.0 Å². The molecule has 182 valence electrons. The van der Waals surface area contributed by atoms with E-state index in [-0.39, 0.29) is 5.92 Å². The minimum absolute atomic E-state index is 0.181. The lowest BCUT2D eigenvalue weighted by Gasteiger charge is -2.41. The number of unbranched alkanes of at least 4 members (excludes halogenated alkanes) is 2. The first-order chi connectivity index (χ1) is 16.7. The van der Waals surface area contributed by atoms with Gasteiger partial charge in [-0.3, -0.25) is 0 Å². The number of benzene rings is 2. The largest absolute Gasteiger partial charge is 0.494 e. The van der Waals surface area contributed by atoms with Gasteiger partial charge in [-0.2, -0.15) is 0 Å². The summed E-state index contributed by atoms with van der Waals surface area (Å²) in [6, 6.07) is 14.5. The summed E-state index contributed by atoms with van der Waals surface area (Å²) in [5, 5.41) is 0. The van der Waals surface area contributed by atoms with Gasteiger partial charge in [0.1, 0.15) is 23.0 Å². The number of allylic oxidation sites excluding steroid dienone is 1. The van der Waals surface area contributed by atoms with Crippen LogP contribution in [-0.2, 0) is 9.47 Å². The zero-order chi connectivity index (χ0) is 23.4. The number of fused-ring (bicyclic) bond motifs is 3. The van der Waals surface area contributed by atoms with Gasteiger partial charge in [0.2, 0.25) is 0 Å². The van der Waals surface area contributed by atoms with E-state index in [1.165, 1.54) is 11.1 Å². The Kier molecular flexibility index (Phi) is 7.12. The summed E-state index contributed by atoms with van der Waals surface area (Å²) < 4.78 is 30.7. The van der Waals surface area contributed by atoms with Crippen molar-refractivity contribution in [3.05, 3.63) is 59.2 Å². The Labute approximate surface area is 203 Å². The van der Waals surface area contributed by atoms with Gasteiger partial charge in [-0.05, 0) is 67.3 Å². The van der Waals surface area contributed by atoms with E-state index in [9.17, 15) is 0 Å². The molecule has 2 heterocycles. The fourth-order valence-electron chi connectivity index (χ4n) is 5.14. The van der Waals surface area contributed by atoms with Crippen LogP contribution in [0.1, 0.15) is 75.8 Å². The highest BCUT2D eigenvalue weighted by Crippen LogP contribution is 2.53. The predicted molar refractivity (Wildman–Crippen MR) is 132 cm³/mol. The van der Waals surface area contributed by atoms with Crippen LogP contribution in [0.5, 0.6) is 17.2 Å². The third-order valence-corrected chi connectivity index (χ3v) is 7.03. The van der Waals surface area contributed by atoms with Crippen LogP contribution in [0.2, 0.25) is 0 Å². The molecule has 2 aromatic carbocycles. The lowest BCUT2D eigenvalue weighted by atomic mass is 9.74. The van der Waals surface area contributed by atoms with Crippen molar-refractivity contribution in [1.82, 2.24) is 0 Å². The SMILES string of the molecule is CCCCOc1ccc(C2=C3CCC4(C[C@@H]3c3cc(OCCCC)ccc3O2)OCCO4)cc1. The Morgan fingerprint density at radius 3 is 2.26 bits per heavy atom. The summed E-state index contributed by atoms with van der Waals surface area (Å²) in [6.45, 7) is 7.17. The Bertz CT molecular complexity index is 1000. The number of hydrogen-bond acceptors (Lipinski definition) is 5. The second kappa shape index (κ2) is 10.4. The van der Waals surface area contributed by atoms with Crippen molar-refractivity contribution in [2.45, 2.75) is 70.5 Å². The average molecular weight is 465 g/mol. The standard InChI is InChI=1S/C29H36O5/c1-3-5-15-30-22-9-7-21(8-10-22)28-24-13-14-29(32-17-18-33-29)20-26(24)25-19-23(31-16-6-4-2)11-12-27(25)34-28/h7-12,19,26H,3-6,13-18,20H2,1-2H3/t26-/m0/s1. The summed E-state index contributed by atoms with van der Waals surface area (Å²) in [6.07, 6.45) is 6.90. The van der Waals surface area contributed by atoms with Crippen molar-refractivity contribution in [1.29, 1.82) is 0 Å². The van der Waals surface area contributed by atoms with E-state index in [1.807, 2.05) is 24.3 Å². The van der Waals surface area contributed by atoms with Gasteiger partial charge in [-0.1, -0.05) is 26.7 Å². The third-order valence-electron chi connectivity index (χ3n) is 7.03. The molecule has 2 aliphatic heterocycles. The van der Waals surface area contributed by atoms with Crippen molar-refractivity contribution in [2.24, 2.45) is 0 Å². The summed E-state index contributed by atoms with van der Waals surface area (Å²) in [7, 11) is 0. The van der Waals surface area contributed by atoms with Gasteiger partial charge in [-0.25, -0.2) is 0 Å². The van der Waals surface area contributed by atoms with Crippen LogP contribution in [-0.4, -0.2) is 32.2 Å². The van der Waals surface area contributed by atoms with E-state index in [1.54, 1.807) is 0 Å². The third kappa shape index (κ3) is 4.82. The molecular weight excluding hydrogens is 428 g/mol. The number of rotatable bonds is 9. The minimum atomic E-state index is -0.482. The van der Waals surface area contributed by atoms with Crippen LogP contribution in [0, 0.1) is 0 Å². The highest BCUT2D eigenvalue weighted by Gasteiger charge is 2.46. The first kappa shape index (κ1) is 23.3. The van der Waals surface area contributed by atoms with Crippen molar-refractivity contribution in [2.75, 3.05) is 26.4 Å². The van der Waals surface area contributed by atoms with Crippen molar-refractivity contribution in [3.8, 4) is 17.2 Å². The average Bonchev–Trinajstić information content (AvgIpc) is 3.32. The van der Waals surface area contributed by atoms with Gasteiger partial charge in [-0.15, -0.1) is 0 Å². The Balaban J connectivity index is 1.45. The Morgan fingerprint density at radius 2 is 1.56 bits per heavy atom. The molecule has 1 saturated carbocycles. The maximum Gasteiger partial charge on any atom is 0.169 e. The Hall–Kier alpha value is -2.50. The highest BCUT2D eigenvalue weighted by atomic mass is 16.7. The first-order valence-corrected chi connectivity index (χ1v) is 12.9. The summed E-state index contributed by atoms with van der Waals surface area (Å²) in [5.41, 5.74) is 3.58. The summed E-state index contributed by atoms with van der Waals surface area (Å²) >= 11 is 0. The topological polar surface area (TPSA) is 46.2 Å². The smallest absolute Gasteiger partial charge is 0.169 e. The fraction of sp³-hybridized carbons (Fsp3) is 0.517. The minimum Gasteiger partial charge on any atom is -0.494 e. The molecule has 1 saturated heterocycles. The first-order valence-electron chi connectivity index (χ1n) is 12.9. The molecule has 0 N–H and O–H groups in total. The number of hydrogen-bond donors (Lipinski definition) is 0. The van der Waals surface area contributed by atoms with E-state index in [4.69, 9.17) is 23.7 Å². The molecule has 0 amide bonds. The molecule has 2 aromatic rings. The van der Waals surface area contributed by atoms with Gasteiger partial charge < -0.3 is 23.7 Å². The Morgan fingerprint density at radius 1 is 0.882 bits per heavy atom. The van der Waals surface area contributed by atoms with E-state index in [0.29, 0.717) is 13.2 Å². The fourth-order valence-corrected chi connectivity index (χ4v) is 5.14. The van der Waals surface area contributed by atoms with Crippen LogP contribution < -0.4 is 14.2 Å². The molecule has 1 atom stereocenters. The van der Waals surface area contributed by atoms with E-state index >= 15 is 0 Å². The second-order valence-corrected chi connectivity index (χ2v) is 9.45. The van der Waals surface area contributed by atoms with Gasteiger partial charge in [0.05, 0.1) is 26.4 Å². The molecule has 2 fully saturated rings. The summed E-state index contributed by atoms with van der Waals surface area (Å²) in [5.74, 6) is 3.36. The van der Waals surface area contributed by atoms with Gasteiger partial charge in [0, 0.05) is 29.9 Å². The molecule has 3 aliphatic rings. The molecule has 1 spiro atoms. The molecular formula is C29H36O5. The van der Waals surface area contributed by atoms with Gasteiger partial charge in [0.25, 0.3) is 0 Å². The van der Waals surface area contributed by atoms with Crippen molar-refractivity contribution in [3.63, 3.8) is 0 Å². The molecule has 1 aliphatic carbocycles. The molecule has 0 bridgehead atoms. The maximum absolute atomic E-state index is 6.56. The maximum atomic E-state index is 6.56. The molecule has 0 radical (unpaired) electrons. The molecule has 0 aromatic heterocycles. The molecule has 0 unspecified atom stereocenters. The van der Waals surface area contributed by atoms with Crippen LogP contribution >= 0.6 is 0 Å². The van der Waals surface area contributed by atoms with Crippen LogP contribution in [0.25, 0.3) is 5.76 Å². The zero-order valence-corrected chi connectivity index (χ0v) is 20.4. The van der Waals surface area contributed by atoms with Crippen LogP contribution in [0.15, 0.2) is 48.0 Å². The van der Waals surface area contributed by atoms with Gasteiger partial charge in [0.15, 0.2) is 5.79 Å². The highest BCUT2D eigenvalue weighted by molar-refractivity contribution is 5.71. The van der Waals surface area contributed by atoms with E-state index < -0.39 is 5.79 Å². The van der Waals surface area contributed by atoms with Crippen LogP contribution in [0.3, 0.4) is 0 Å². The predicted octanol–water partition coefficient (Wildman–Crippen LogP) is 6.86. The van der Waals surface area contributed by atoms with Crippen molar-refractivity contribution < 1.29 is 23.7 Å². The van der Waals surface area contributed by atoms with Crippen LogP contribution in [0.4, 0.5) is 0 Å². The molecule has 5 nitrogen and oxygen atoms in total. The lowest BCUT2D eigenvalue weighted by molar-refractivity contribution is -0.175. The molecule has 34 heavy (non-hydrogen) atoms. The number of ether oxygens (including phenoxy) is 5. The normalized spacial score (nSPS) is 20.6.